The predicted octanol–water partition coefficient (Wildman–Crippen LogP) is 5.51. The molecule has 0 N–H and O–H groups in total. The van der Waals surface area contributed by atoms with Crippen molar-refractivity contribution in [1.82, 2.24) is 0 Å². The Hall–Kier alpha value is -1.04. The first-order chi connectivity index (χ1) is 9.56. The standard InChI is InChI=1S/C21H28/c1-13-9-11-16(12-10-13)20(7)17(4)14(2)18(5)19(6,15(17)3)21(18,20)8/h9-12,15H,2H2,1,3-8H3/t15-,17-,18?,19-,20-,21?/m0/s1. The first kappa shape index (κ1) is 13.6. The van der Waals surface area contributed by atoms with Crippen LogP contribution in [0.2, 0.25) is 0 Å². The molecule has 1 aromatic rings. The van der Waals surface area contributed by atoms with Crippen LogP contribution >= 0.6 is 0 Å². The molecule has 0 aliphatic heterocycles. The van der Waals surface area contributed by atoms with Gasteiger partial charge in [0, 0.05) is 16.2 Å². The van der Waals surface area contributed by atoms with Crippen molar-refractivity contribution < 1.29 is 0 Å². The summed E-state index contributed by atoms with van der Waals surface area (Å²) in [6.07, 6.45) is 0. The van der Waals surface area contributed by atoms with Crippen LogP contribution in [0, 0.1) is 34.5 Å². The number of hydrogen-bond donors (Lipinski definition) is 0. The zero-order chi connectivity index (χ0) is 15.6. The highest BCUT2D eigenvalue weighted by Gasteiger charge is 3.01. The Morgan fingerprint density at radius 1 is 0.905 bits per heavy atom. The molecule has 112 valence electrons. The number of benzene rings is 1. The molecule has 4 fully saturated rings. The summed E-state index contributed by atoms with van der Waals surface area (Å²) < 4.78 is 0. The van der Waals surface area contributed by atoms with Gasteiger partial charge in [-0.25, -0.2) is 0 Å². The van der Waals surface area contributed by atoms with Gasteiger partial charge >= 0.3 is 0 Å². The summed E-state index contributed by atoms with van der Waals surface area (Å²) in [4.78, 5) is 0. The molecule has 0 heteroatoms. The highest BCUT2D eigenvalue weighted by molar-refractivity contribution is 5.64. The van der Waals surface area contributed by atoms with Crippen LogP contribution in [-0.4, -0.2) is 0 Å². The van der Waals surface area contributed by atoms with Gasteiger partial charge in [0.2, 0.25) is 0 Å². The number of allylic oxidation sites excluding steroid dienone is 1. The molecule has 0 nitrogen and oxygen atoms in total. The monoisotopic (exact) mass is 280 g/mol. The molecule has 0 amide bonds. The number of rotatable bonds is 1. The van der Waals surface area contributed by atoms with Gasteiger partial charge in [-0.2, -0.15) is 0 Å². The quantitative estimate of drug-likeness (QED) is 0.595. The van der Waals surface area contributed by atoms with Crippen LogP contribution < -0.4 is 0 Å². The third kappa shape index (κ3) is 0.812. The molecular formula is C21H28. The van der Waals surface area contributed by atoms with Crippen molar-refractivity contribution in [3.8, 4) is 0 Å². The van der Waals surface area contributed by atoms with Gasteiger partial charge in [-0.15, -0.1) is 0 Å². The average Bonchev–Trinajstić information content (AvgIpc) is 2.73. The highest BCUT2D eigenvalue weighted by atomic mass is 15.0. The second-order valence-electron chi connectivity index (χ2n) is 8.85. The van der Waals surface area contributed by atoms with E-state index in [1.54, 1.807) is 0 Å². The predicted molar refractivity (Wildman–Crippen MR) is 89.3 cm³/mol. The molecule has 0 spiro atoms. The molecule has 21 heavy (non-hydrogen) atoms. The van der Waals surface area contributed by atoms with Gasteiger partial charge in [-0.1, -0.05) is 83.5 Å². The van der Waals surface area contributed by atoms with Gasteiger partial charge in [0.25, 0.3) is 0 Å². The van der Waals surface area contributed by atoms with Crippen LogP contribution in [-0.2, 0) is 5.41 Å². The average molecular weight is 280 g/mol. The topological polar surface area (TPSA) is 0 Å². The molecule has 0 saturated heterocycles. The van der Waals surface area contributed by atoms with Gasteiger partial charge in [0.05, 0.1) is 0 Å². The van der Waals surface area contributed by atoms with E-state index in [2.05, 4.69) is 79.3 Å². The summed E-state index contributed by atoms with van der Waals surface area (Å²) in [6.45, 7) is 21.8. The third-order valence-corrected chi connectivity index (χ3v) is 9.64. The Morgan fingerprint density at radius 2 is 1.43 bits per heavy atom. The molecule has 1 aromatic carbocycles. The van der Waals surface area contributed by atoms with Crippen LogP contribution in [0.3, 0.4) is 0 Å². The van der Waals surface area contributed by atoms with E-state index in [9.17, 15) is 0 Å². The lowest BCUT2D eigenvalue weighted by Crippen LogP contribution is -2.41. The second kappa shape index (κ2) is 3.03. The maximum absolute atomic E-state index is 4.62. The van der Waals surface area contributed by atoms with Crippen LogP contribution in [0.5, 0.6) is 0 Å². The molecule has 0 heterocycles. The molecule has 4 aliphatic rings. The minimum absolute atomic E-state index is 0.188. The van der Waals surface area contributed by atoms with Crippen molar-refractivity contribution in [2.75, 3.05) is 0 Å². The van der Waals surface area contributed by atoms with Crippen LogP contribution in [0.25, 0.3) is 0 Å². The SMILES string of the molecule is C=C1C2(C)C3(C)[C@@]2(C)[C@@H](C)[C@@]1(C)[C@]3(C)c1ccc(C)cc1. The minimum atomic E-state index is 0.188. The summed E-state index contributed by atoms with van der Waals surface area (Å²) in [5, 5.41) is 0. The molecule has 4 saturated carbocycles. The third-order valence-electron chi connectivity index (χ3n) is 9.64. The Balaban J connectivity index is 2.05. The zero-order valence-electron chi connectivity index (χ0n) is 14.6. The normalized spacial score (nSPS) is 56.9. The zero-order valence-corrected chi connectivity index (χ0v) is 14.6. The first-order valence-electron chi connectivity index (χ1n) is 8.33. The Bertz CT molecular complexity index is 682. The molecule has 2 unspecified atom stereocenters. The van der Waals surface area contributed by atoms with E-state index in [0.717, 1.165) is 0 Å². The first-order valence-corrected chi connectivity index (χ1v) is 8.33. The van der Waals surface area contributed by atoms with Crippen LogP contribution in [0.4, 0.5) is 0 Å². The van der Waals surface area contributed by atoms with Crippen molar-refractivity contribution in [3.05, 3.63) is 47.5 Å². The van der Waals surface area contributed by atoms with E-state index in [-0.39, 0.29) is 10.8 Å². The highest BCUT2D eigenvalue weighted by Crippen LogP contribution is 3.04. The molecule has 4 bridgehead atoms. The van der Waals surface area contributed by atoms with E-state index >= 15 is 0 Å². The summed E-state index contributed by atoms with van der Waals surface area (Å²) in [5.74, 6) is 0.693. The van der Waals surface area contributed by atoms with Gasteiger partial charge in [-0.3, -0.25) is 0 Å². The van der Waals surface area contributed by atoms with Gasteiger partial charge in [0.15, 0.2) is 0 Å². The fourth-order valence-electron chi connectivity index (χ4n) is 7.75. The summed E-state index contributed by atoms with van der Waals surface area (Å²) in [5.41, 5.74) is 5.78. The Labute approximate surface area is 129 Å². The lowest BCUT2D eigenvalue weighted by atomic mass is 9.59. The maximum Gasteiger partial charge on any atom is 0.00863 e. The molecule has 4 aliphatic carbocycles. The summed E-state index contributed by atoms with van der Waals surface area (Å²) >= 11 is 0. The molecule has 6 atom stereocenters. The van der Waals surface area contributed by atoms with Crippen molar-refractivity contribution in [2.45, 2.75) is 53.9 Å². The Kier molecular flexibility index (Phi) is 1.96. The summed E-state index contributed by atoms with van der Waals surface area (Å²) in [6, 6.07) is 9.29. The van der Waals surface area contributed by atoms with Crippen molar-refractivity contribution in [3.63, 3.8) is 0 Å². The van der Waals surface area contributed by atoms with E-state index in [0.29, 0.717) is 22.2 Å². The van der Waals surface area contributed by atoms with E-state index in [4.69, 9.17) is 0 Å². The lowest BCUT2D eigenvalue weighted by molar-refractivity contribution is 0.167. The van der Waals surface area contributed by atoms with E-state index in [1.165, 1.54) is 16.7 Å². The fourth-order valence-corrected chi connectivity index (χ4v) is 7.75. The van der Waals surface area contributed by atoms with E-state index in [1.807, 2.05) is 0 Å². The lowest BCUT2D eigenvalue weighted by Gasteiger charge is -2.44. The van der Waals surface area contributed by atoms with Crippen molar-refractivity contribution in [2.24, 2.45) is 27.6 Å². The molecule has 5 rings (SSSR count). The largest absolute Gasteiger partial charge is 0.0987 e. The second-order valence-corrected chi connectivity index (χ2v) is 8.85. The molecular weight excluding hydrogens is 252 g/mol. The Morgan fingerprint density at radius 3 is 1.76 bits per heavy atom. The molecule has 0 aromatic heterocycles. The van der Waals surface area contributed by atoms with Gasteiger partial charge in [-0.05, 0) is 29.2 Å². The summed E-state index contributed by atoms with van der Waals surface area (Å²) in [7, 11) is 0. The van der Waals surface area contributed by atoms with E-state index < -0.39 is 0 Å². The smallest absolute Gasteiger partial charge is 0.00863 e. The fraction of sp³-hybridized carbons (Fsp3) is 0.619. The van der Waals surface area contributed by atoms with Gasteiger partial charge in [0.1, 0.15) is 0 Å². The van der Waals surface area contributed by atoms with Crippen molar-refractivity contribution >= 4 is 0 Å². The molecule has 0 radical (unpaired) electrons. The van der Waals surface area contributed by atoms with Crippen molar-refractivity contribution in [1.29, 1.82) is 0 Å². The van der Waals surface area contributed by atoms with Gasteiger partial charge < -0.3 is 0 Å². The minimum Gasteiger partial charge on any atom is -0.0987 e. The van der Waals surface area contributed by atoms with Crippen LogP contribution in [0.15, 0.2) is 36.4 Å². The maximum atomic E-state index is 4.62. The number of aryl methyl sites for hydroxylation is 1. The van der Waals surface area contributed by atoms with Crippen LogP contribution in [0.1, 0.15) is 52.7 Å². The number of hydrogen-bond acceptors (Lipinski definition) is 0.